The van der Waals surface area contributed by atoms with Gasteiger partial charge in [-0.1, -0.05) is 6.92 Å². The molecule has 0 radical (unpaired) electrons. The first-order chi connectivity index (χ1) is 15.6. The van der Waals surface area contributed by atoms with Gasteiger partial charge >= 0.3 is 0 Å². The highest BCUT2D eigenvalue weighted by Crippen LogP contribution is 2.38. The Hall–Kier alpha value is -2.87. The minimum atomic E-state index is 0.315. The van der Waals surface area contributed by atoms with Crippen LogP contribution in [0.4, 0.5) is 11.6 Å². The van der Waals surface area contributed by atoms with E-state index in [0.29, 0.717) is 11.2 Å². The molecule has 3 aromatic rings. The van der Waals surface area contributed by atoms with Crippen LogP contribution >= 0.6 is 11.8 Å². The third kappa shape index (κ3) is 4.96. The second-order valence-electron chi connectivity index (χ2n) is 7.92. The lowest BCUT2D eigenvalue weighted by Crippen LogP contribution is -2.23. The van der Waals surface area contributed by atoms with Gasteiger partial charge in [0.15, 0.2) is 0 Å². The summed E-state index contributed by atoms with van der Waals surface area (Å²) >= 11 is 1.85. The zero-order chi connectivity index (χ0) is 22.5. The van der Waals surface area contributed by atoms with Gasteiger partial charge < -0.3 is 15.4 Å². The van der Waals surface area contributed by atoms with Crippen molar-refractivity contribution in [2.75, 3.05) is 36.6 Å². The minimum absolute atomic E-state index is 0.315. The molecule has 0 aromatic carbocycles. The van der Waals surface area contributed by atoms with Crippen LogP contribution in [0.1, 0.15) is 36.7 Å². The Balaban J connectivity index is 1.46. The molecule has 2 unspecified atom stereocenters. The van der Waals surface area contributed by atoms with Gasteiger partial charge in [-0.3, -0.25) is 4.98 Å². The third-order valence-electron chi connectivity index (χ3n) is 5.70. The fourth-order valence-electron chi connectivity index (χ4n) is 3.99. The Morgan fingerprint density at radius 1 is 1.12 bits per heavy atom. The van der Waals surface area contributed by atoms with Crippen LogP contribution in [0.5, 0.6) is 5.75 Å². The van der Waals surface area contributed by atoms with E-state index in [1.54, 1.807) is 6.33 Å². The van der Waals surface area contributed by atoms with Gasteiger partial charge in [0.25, 0.3) is 0 Å². The number of nitrogens with zero attached hydrogens (tertiary/aromatic N) is 4. The largest absolute Gasteiger partial charge is 0.491 e. The zero-order valence-corrected chi connectivity index (χ0v) is 19.9. The predicted molar refractivity (Wildman–Crippen MR) is 132 cm³/mol. The van der Waals surface area contributed by atoms with Crippen molar-refractivity contribution in [2.45, 2.75) is 38.4 Å². The number of thioether (sulfide) groups is 1. The molecule has 0 aliphatic carbocycles. The van der Waals surface area contributed by atoms with E-state index in [9.17, 15) is 0 Å². The highest BCUT2D eigenvalue weighted by atomic mass is 32.2. The van der Waals surface area contributed by atoms with E-state index in [4.69, 9.17) is 4.74 Å². The van der Waals surface area contributed by atoms with E-state index >= 15 is 0 Å². The van der Waals surface area contributed by atoms with Crippen molar-refractivity contribution in [2.24, 2.45) is 0 Å². The number of hydrogen-bond acceptors (Lipinski definition) is 8. The lowest BCUT2D eigenvalue weighted by Gasteiger charge is -2.25. The van der Waals surface area contributed by atoms with Gasteiger partial charge in [0.05, 0.1) is 18.0 Å². The summed E-state index contributed by atoms with van der Waals surface area (Å²) in [5.74, 6) is 2.97. The molecular formula is C24H30N6OS. The Morgan fingerprint density at radius 3 is 2.75 bits per heavy atom. The maximum Gasteiger partial charge on any atom is 0.144 e. The van der Waals surface area contributed by atoms with Crippen molar-refractivity contribution in [3.63, 3.8) is 0 Å². The van der Waals surface area contributed by atoms with E-state index in [1.165, 1.54) is 5.56 Å². The number of nitrogens with one attached hydrogen (secondary N) is 2. The molecule has 2 N–H and O–H groups in total. The van der Waals surface area contributed by atoms with Gasteiger partial charge in [-0.15, -0.1) is 0 Å². The first kappa shape index (κ1) is 22.3. The van der Waals surface area contributed by atoms with E-state index in [2.05, 4.69) is 63.7 Å². The summed E-state index contributed by atoms with van der Waals surface area (Å²) in [6.45, 7) is 8.73. The molecule has 2 atom stereocenters. The number of pyridine rings is 2. The van der Waals surface area contributed by atoms with Gasteiger partial charge in [0, 0.05) is 53.8 Å². The molecule has 1 aliphatic heterocycles. The number of hydrogen-bond donors (Lipinski definition) is 2. The Bertz CT molecular complexity index is 1060. The maximum atomic E-state index is 5.93. The molecule has 7 nitrogen and oxygen atoms in total. The molecule has 4 rings (SSSR count). The predicted octanol–water partition coefficient (Wildman–Crippen LogP) is 4.56. The van der Waals surface area contributed by atoms with Crippen molar-refractivity contribution >= 4 is 23.4 Å². The number of aryl methyl sites for hydroxylation is 1. The fraction of sp³-hybridized carbons (Fsp3) is 0.417. The third-order valence-corrected chi connectivity index (χ3v) is 6.89. The van der Waals surface area contributed by atoms with E-state index in [0.717, 1.165) is 66.1 Å². The van der Waals surface area contributed by atoms with Crippen LogP contribution in [0.3, 0.4) is 0 Å². The molecule has 1 aliphatic rings. The first-order valence-corrected chi connectivity index (χ1v) is 12.3. The topological polar surface area (TPSA) is 84.9 Å². The molecule has 0 bridgehead atoms. The minimum Gasteiger partial charge on any atom is -0.491 e. The molecule has 4 heterocycles. The molecule has 32 heavy (non-hydrogen) atoms. The SMILES string of the molecule is CCNc1ccc(-c2cc(NCC(SC)C(C)c3cc(C)nc4c3OCC4)ncn2)cn1. The number of aromatic nitrogens is 4. The molecule has 0 spiro atoms. The number of anilines is 2. The molecule has 8 heteroatoms. The van der Waals surface area contributed by atoms with Crippen LogP contribution in [-0.2, 0) is 6.42 Å². The number of rotatable bonds is 9. The molecule has 0 saturated carbocycles. The summed E-state index contributed by atoms with van der Waals surface area (Å²) in [5.41, 5.74) is 5.21. The van der Waals surface area contributed by atoms with Gasteiger partial charge in [-0.05, 0) is 44.2 Å². The molecular weight excluding hydrogens is 420 g/mol. The van der Waals surface area contributed by atoms with Crippen molar-refractivity contribution in [1.82, 2.24) is 19.9 Å². The monoisotopic (exact) mass is 450 g/mol. The Morgan fingerprint density at radius 2 is 2.00 bits per heavy atom. The zero-order valence-electron chi connectivity index (χ0n) is 19.1. The van der Waals surface area contributed by atoms with Crippen LogP contribution in [0.25, 0.3) is 11.3 Å². The van der Waals surface area contributed by atoms with Crippen LogP contribution in [0.15, 0.2) is 36.8 Å². The van der Waals surface area contributed by atoms with Gasteiger partial charge in [-0.25, -0.2) is 15.0 Å². The van der Waals surface area contributed by atoms with Crippen LogP contribution in [-0.4, -0.2) is 51.1 Å². The Labute approximate surface area is 193 Å². The first-order valence-electron chi connectivity index (χ1n) is 11.0. The second-order valence-corrected chi connectivity index (χ2v) is 9.00. The average molecular weight is 451 g/mol. The molecule has 0 saturated heterocycles. The van der Waals surface area contributed by atoms with Crippen molar-refractivity contribution in [1.29, 1.82) is 0 Å². The van der Waals surface area contributed by atoms with E-state index in [1.807, 2.05) is 36.2 Å². The standard InChI is InChI=1S/C24H30N6OS/c1-5-25-22-7-6-17(12-26-22)20-11-23(29-14-28-20)27-13-21(32-4)16(3)18-10-15(2)30-19-8-9-31-24(18)19/h6-7,10-12,14,16,21H,5,8-9,13H2,1-4H3,(H,25,26)(H,27,28,29). The smallest absolute Gasteiger partial charge is 0.144 e. The molecule has 0 fully saturated rings. The maximum absolute atomic E-state index is 5.93. The summed E-state index contributed by atoms with van der Waals surface area (Å²) in [4.78, 5) is 17.9. The average Bonchev–Trinajstić information content (AvgIpc) is 3.28. The fourth-order valence-corrected chi connectivity index (χ4v) is 4.79. The van der Waals surface area contributed by atoms with E-state index in [-0.39, 0.29) is 0 Å². The van der Waals surface area contributed by atoms with Gasteiger partial charge in [0.2, 0.25) is 0 Å². The molecule has 168 valence electrons. The summed E-state index contributed by atoms with van der Waals surface area (Å²) in [6, 6.07) is 8.14. The van der Waals surface area contributed by atoms with Crippen LogP contribution in [0.2, 0.25) is 0 Å². The van der Waals surface area contributed by atoms with E-state index < -0.39 is 0 Å². The van der Waals surface area contributed by atoms with Gasteiger partial charge in [-0.2, -0.15) is 11.8 Å². The van der Waals surface area contributed by atoms with Crippen molar-refractivity contribution in [3.05, 3.63) is 53.7 Å². The highest BCUT2D eigenvalue weighted by molar-refractivity contribution is 7.99. The van der Waals surface area contributed by atoms with Crippen molar-refractivity contribution in [3.8, 4) is 17.0 Å². The van der Waals surface area contributed by atoms with Crippen molar-refractivity contribution < 1.29 is 4.74 Å². The number of fused-ring (bicyclic) bond motifs is 1. The lowest BCUT2D eigenvalue weighted by molar-refractivity contribution is 0.351. The van der Waals surface area contributed by atoms with Crippen LogP contribution in [0, 0.1) is 6.92 Å². The quantitative estimate of drug-likeness (QED) is 0.491. The normalized spacial score (nSPS) is 14.4. The highest BCUT2D eigenvalue weighted by Gasteiger charge is 2.26. The summed E-state index contributed by atoms with van der Waals surface area (Å²) < 4.78 is 5.93. The summed E-state index contributed by atoms with van der Waals surface area (Å²) in [7, 11) is 0. The lowest BCUT2D eigenvalue weighted by atomic mass is 9.95. The van der Waals surface area contributed by atoms with Crippen LogP contribution < -0.4 is 15.4 Å². The summed E-state index contributed by atoms with van der Waals surface area (Å²) in [5, 5.41) is 7.07. The number of ether oxygens (including phenoxy) is 1. The Kier molecular flexibility index (Phi) is 7.09. The second kappa shape index (κ2) is 10.2. The summed E-state index contributed by atoms with van der Waals surface area (Å²) in [6.07, 6.45) is 6.48. The molecule has 0 amide bonds. The molecule has 3 aromatic heterocycles. The van der Waals surface area contributed by atoms with Gasteiger partial charge in [0.1, 0.15) is 23.7 Å².